The second-order valence-electron chi connectivity index (χ2n) is 9.46. The zero-order valence-electron chi connectivity index (χ0n) is 20.4. The molecule has 0 saturated carbocycles. The molecule has 0 aliphatic rings. The zero-order chi connectivity index (χ0) is 26.3. The van der Waals surface area contributed by atoms with E-state index in [4.69, 9.17) is 16.3 Å². The molecule has 0 unspecified atom stereocenters. The van der Waals surface area contributed by atoms with Gasteiger partial charge in [-0.3, -0.25) is 9.59 Å². The van der Waals surface area contributed by atoms with Crippen molar-refractivity contribution in [2.45, 2.75) is 45.3 Å². The van der Waals surface area contributed by atoms with Gasteiger partial charge in [-0.15, -0.1) is 0 Å². The van der Waals surface area contributed by atoms with Gasteiger partial charge in [0.05, 0.1) is 4.47 Å². The normalized spacial score (nSPS) is 12.1. The first-order valence-electron chi connectivity index (χ1n) is 11.5. The summed E-state index contributed by atoms with van der Waals surface area (Å²) in [6.45, 7) is 5.79. The molecule has 0 fully saturated rings. The molecule has 0 aliphatic heterocycles. The van der Waals surface area contributed by atoms with Crippen molar-refractivity contribution in [3.8, 4) is 5.75 Å². The van der Waals surface area contributed by atoms with Gasteiger partial charge in [-0.25, -0.2) is 0 Å². The molecule has 8 heteroatoms. The minimum Gasteiger partial charge on any atom is -0.483 e. The highest BCUT2D eigenvalue weighted by Crippen LogP contribution is 2.28. The maximum atomic E-state index is 13.6. The monoisotopic (exact) mass is 634 g/mol. The molecule has 0 aliphatic carbocycles. The van der Waals surface area contributed by atoms with E-state index in [1.165, 1.54) is 0 Å². The van der Waals surface area contributed by atoms with Crippen molar-refractivity contribution < 1.29 is 14.3 Å². The van der Waals surface area contributed by atoms with Crippen LogP contribution in [0.1, 0.15) is 31.9 Å². The van der Waals surface area contributed by atoms with Crippen LogP contribution in [0.25, 0.3) is 0 Å². The Kier molecular flexibility index (Phi) is 10.00. The van der Waals surface area contributed by atoms with Gasteiger partial charge in [-0.05, 0) is 78.2 Å². The van der Waals surface area contributed by atoms with E-state index in [1.807, 2.05) is 75.4 Å². The quantitative estimate of drug-likeness (QED) is 0.281. The number of ether oxygens (including phenoxy) is 1. The summed E-state index contributed by atoms with van der Waals surface area (Å²) in [5.74, 6) is -0.0238. The Labute approximate surface area is 234 Å². The van der Waals surface area contributed by atoms with Crippen molar-refractivity contribution in [3.05, 3.63) is 97.9 Å². The molecule has 0 saturated heterocycles. The van der Waals surface area contributed by atoms with Gasteiger partial charge in [0.1, 0.15) is 11.8 Å². The lowest BCUT2D eigenvalue weighted by Gasteiger charge is -2.33. The Bertz CT molecular complexity index is 1180. The van der Waals surface area contributed by atoms with Gasteiger partial charge in [0.25, 0.3) is 5.91 Å². The molecule has 0 bridgehead atoms. The first-order valence-corrected chi connectivity index (χ1v) is 13.5. The Morgan fingerprint density at radius 3 is 2.25 bits per heavy atom. The summed E-state index contributed by atoms with van der Waals surface area (Å²) in [6.07, 6.45) is 0.371. The average molecular weight is 637 g/mol. The van der Waals surface area contributed by atoms with E-state index in [2.05, 4.69) is 37.2 Å². The molecule has 5 nitrogen and oxygen atoms in total. The summed E-state index contributed by atoms with van der Waals surface area (Å²) in [5, 5.41) is 3.61. The first kappa shape index (κ1) is 28.2. The Morgan fingerprint density at radius 1 is 0.972 bits per heavy atom. The number of hydrogen-bond donors (Lipinski definition) is 1. The Morgan fingerprint density at radius 2 is 1.64 bits per heavy atom. The third-order valence-electron chi connectivity index (χ3n) is 5.28. The highest BCUT2D eigenvalue weighted by Gasteiger charge is 2.32. The van der Waals surface area contributed by atoms with Crippen LogP contribution in [0.15, 0.2) is 81.7 Å². The van der Waals surface area contributed by atoms with Crippen LogP contribution in [0.5, 0.6) is 5.75 Å². The van der Waals surface area contributed by atoms with Crippen molar-refractivity contribution in [1.82, 2.24) is 10.2 Å². The molecule has 0 heterocycles. The summed E-state index contributed by atoms with van der Waals surface area (Å²) >= 11 is 12.9. The van der Waals surface area contributed by atoms with E-state index < -0.39 is 11.6 Å². The second-order valence-corrected chi connectivity index (χ2v) is 11.7. The standard InChI is InChI=1S/C28H29Br2ClN2O3/c1-28(2,3)32-27(35)24(15-19-7-5-4-6-8-19)33(17-20-9-11-21(29)12-10-20)26(34)18-36-25-14-13-22(31)16-23(25)30/h4-14,16,24H,15,17-18H2,1-3H3,(H,32,35)/t24-/m0/s1. The largest absolute Gasteiger partial charge is 0.483 e. The predicted octanol–water partition coefficient (Wildman–Crippen LogP) is 6.80. The van der Waals surface area contributed by atoms with Crippen LogP contribution < -0.4 is 10.1 Å². The highest BCUT2D eigenvalue weighted by atomic mass is 79.9. The van der Waals surface area contributed by atoms with E-state index in [9.17, 15) is 9.59 Å². The summed E-state index contributed by atoms with van der Waals surface area (Å²) in [5.41, 5.74) is 1.41. The van der Waals surface area contributed by atoms with E-state index in [0.717, 1.165) is 15.6 Å². The van der Waals surface area contributed by atoms with Crippen LogP contribution in [-0.2, 0) is 22.6 Å². The number of benzene rings is 3. The zero-order valence-corrected chi connectivity index (χ0v) is 24.4. The van der Waals surface area contributed by atoms with E-state index in [1.54, 1.807) is 23.1 Å². The predicted molar refractivity (Wildman–Crippen MR) is 151 cm³/mol. The van der Waals surface area contributed by atoms with Crippen molar-refractivity contribution in [1.29, 1.82) is 0 Å². The molecule has 0 spiro atoms. The number of hydrogen-bond acceptors (Lipinski definition) is 3. The van der Waals surface area contributed by atoms with Crippen molar-refractivity contribution in [3.63, 3.8) is 0 Å². The summed E-state index contributed by atoms with van der Waals surface area (Å²) in [6, 6.07) is 21.8. The van der Waals surface area contributed by atoms with Gasteiger partial charge < -0.3 is 15.0 Å². The molecular formula is C28H29Br2ClN2O3. The number of carbonyl (C=O) groups is 2. The van der Waals surface area contributed by atoms with Crippen molar-refractivity contribution in [2.75, 3.05) is 6.61 Å². The van der Waals surface area contributed by atoms with Crippen LogP contribution in [0, 0.1) is 0 Å². The van der Waals surface area contributed by atoms with E-state index in [-0.39, 0.29) is 25.0 Å². The fourth-order valence-electron chi connectivity index (χ4n) is 3.61. The van der Waals surface area contributed by atoms with E-state index in [0.29, 0.717) is 21.7 Å². The number of halogens is 3. The lowest BCUT2D eigenvalue weighted by atomic mass is 10.0. The maximum Gasteiger partial charge on any atom is 0.261 e. The lowest BCUT2D eigenvalue weighted by molar-refractivity contribution is -0.143. The minimum absolute atomic E-state index is 0.218. The molecule has 0 aromatic heterocycles. The molecule has 1 atom stereocenters. The summed E-state index contributed by atoms with van der Waals surface area (Å²) in [7, 11) is 0. The van der Waals surface area contributed by atoms with E-state index >= 15 is 0 Å². The second kappa shape index (κ2) is 12.7. The average Bonchev–Trinajstić information content (AvgIpc) is 2.81. The van der Waals surface area contributed by atoms with Crippen LogP contribution in [0.3, 0.4) is 0 Å². The van der Waals surface area contributed by atoms with Crippen molar-refractivity contribution >= 4 is 55.3 Å². The van der Waals surface area contributed by atoms with Gasteiger partial charge in [-0.1, -0.05) is 70.0 Å². The molecule has 1 N–H and O–H groups in total. The summed E-state index contributed by atoms with van der Waals surface area (Å²) < 4.78 is 7.42. The number of nitrogens with zero attached hydrogens (tertiary/aromatic N) is 1. The number of nitrogens with one attached hydrogen (secondary N) is 1. The van der Waals surface area contributed by atoms with Gasteiger partial charge >= 0.3 is 0 Å². The smallest absolute Gasteiger partial charge is 0.261 e. The summed E-state index contributed by atoms with van der Waals surface area (Å²) in [4.78, 5) is 28.8. The molecule has 0 radical (unpaired) electrons. The van der Waals surface area contributed by atoms with Crippen LogP contribution in [0.2, 0.25) is 5.02 Å². The molecule has 3 rings (SSSR count). The fourth-order valence-corrected chi connectivity index (χ4v) is 4.67. The van der Waals surface area contributed by atoms with Crippen LogP contribution >= 0.6 is 43.5 Å². The van der Waals surface area contributed by atoms with Gasteiger partial charge in [0.15, 0.2) is 6.61 Å². The van der Waals surface area contributed by atoms with Crippen LogP contribution in [-0.4, -0.2) is 34.9 Å². The molecule has 3 aromatic rings. The fraction of sp³-hybridized carbons (Fsp3) is 0.286. The first-order chi connectivity index (χ1) is 17.0. The number of amides is 2. The molecule has 2 amide bonds. The van der Waals surface area contributed by atoms with Gasteiger partial charge in [0, 0.05) is 28.0 Å². The Balaban J connectivity index is 1.93. The molecule has 190 valence electrons. The number of rotatable bonds is 9. The minimum atomic E-state index is -0.736. The SMILES string of the molecule is CC(C)(C)NC(=O)[C@H](Cc1ccccc1)N(Cc1ccc(Br)cc1)C(=O)COc1ccc(Cl)cc1Br. The third kappa shape index (κ3) is 8.64. The topological polar surface area (TPSA) is 58.6 Å². The van der Waals surface area contributed by atoms with Gasteiger partial charge in [-0.2, -0.15) is 0 Å². The maximum absolute atomic E-state index is 13.6. The Hall–Kier alpha value is -2.35. The number of carbonyl (C=O) groups excluding carboxylic acids is 2. The third-order valence-corrected chi connectivity index (χ3v) is 6.66. The molecule has 3 aromatic carbocycles. The molecule has 36 heavy (non-hydrogen) atoms. The van der Waals surface area contributed by atoms with Gasteiger partial charge in [0.2, 0.25) is 5.91 Å². The highest BCUT2D eigenvalue weighted by molar-refractivity contribution is 9.10. The van der Waals surface area contributed by atoms with Crippen LogP contribution in [0.4, 0.5) is 0 Å². The van der Waals surface area contributed by atoms with Crippen molar-refractivity contribution in [2.24, 2.45) is 0 Å². The lowest BCUT2D eigenvalue weighted by Crippen LogP contribution is -2.55. The molecular weight excluding hydrogens is 608 g/mol.